The molecule has 0 aliphatic heterocycles. The molecule has 1 saturated carbocycles. The molecule has 0 radical (unpaired) electrons. The summed E-state index contributed by atoms with van der Waals surface area (Å²) in [4.78, 5) is 0. The Morgan fingerprint density at radius 3 is 2.14 bits per heavy atom. The molecule has 14 heavy (non-hydrogen) atoms. The van der Waals surface area contributed by atoms with Gasteiger partial charge in [0.05, 0.1) is 6.00 Å². The highest BCUT2D eigenvalue weighted by Crippen LogP contribution is 2.24. The highest BCUT2D eigenvalue weighted by atomic mass is 35.5. The van der Waals surface area contributed by atoms with Crippen molar-refractivity contribution < 1.29 is 13.0 Å². The summed E-state index contributed by atoms with van der Waals surface area (Å²) >= 11 is 5.47. The average Bonchev–Trinajstić information content (AvgIpc) is 2.05. The molecule has 1 fully saturated rings. The van der Waals surface area contributed by atoms with E-state index in [-0.39, 0.29) is 24.5 Å². The topological polar surface area (TPSA) is 57.6 Å². The Balaban J connectivity index is 0.00000169. The van der Waals surface area contributed by atoms with Crippen LogP contribution in [0.4, 0.5) is 0 Å². The summed E-state index contributed by atoms with van der Waals surface area (Å²) in [6.07, 6.45) is 4.75. The summed E-state index contributed by atoms with van der Waals surface area (Å²) in [5.74, 6) is 0. The molecule has 0 spiro atoms. The summed E-state index contributed by atoms with van der Waals surface area (Å²) in [6.45, 7) is 0. The van der Waals surface area contributed by atoms with Gasteiger partial charge in [0.25, 0.3) is 0 Å². The van der Waals surface area contributed by atoms with E-state index in [9.17, 15) is 8.42 Å². The maximum Gasteiger partial charge on any atom is 0.337 e. The van der Waals surface area contributed by atoms with Crippen LogP contribution in [0.3, 0.4) is 0 Å². The minimum Gasteiger partial charge on any atom is -0.273 e. The molecular formula is C7H15Cl2NO3S. The quantitative estimate of drug-likeness (QED) is 0.482. The van der Waals surface area contributed by atoms with Crippen LogP contribution in [0.25, 0.3) is 0 Å². The van der Waals surface area contributed by atoms with Crippen molar-refractivity contribution in [2.24, 2.45) is 0 Å². The Morgan fingerprint density at radius 1 is 1.29 bits per heavy atom. The zero-order valence-corrected chi connectivity index (χ0v) is 10.1. The van der Waals surface area contributed by atoms with Crippen LogP contribution in [0.15, 0.2) is 0 Å². The normalized spacial score (nSPS) is 19.4. The molecule has 0 saturated heterocycles. The first-order valence-corrected chi connectivity index (χ1v) is 6.29. The third-order valence-electron chi connectivity index (χ3n) is 2.40. The molecule has 1 aliphatic carbocycles. The van der Waals surface area contributed by atoms with Crippen LogP contribution in [0.1, 0.15) is 32.1 Å². The highest BCUT2D eigenvalue weighted by molar-refractivity contribution is 7.83. The summed E-state index contributed by atoms with van der Waals surface area (Å²) in [6, 6.07) is -0.273. The minimum absolute atomic E-state index is 0. The number of hydrogen-bond donors (Lipinski definition) is 1. The molecule has 86 valence electrons. The van der Waals surface area contributed by atoms with Crippen molar-refractivity contribution in [3.05, 3.63) is 0 Å². The van der Waals surface area contributed by atoms with E-state index in [4.69, 9.17) is 16.2 Å². The molecule has 0 aromatic heterocycles. The van der Waals surface area contributed by atoms with Crippen molar-refractivity contribution in [3.8, 4) is 0 Å². The van der Waals surface area contributed by atoms with Crippen molar-refractivity contribution in [1.82, 2.24) is 4.31 Å². The minimum atomic E-state index is -4.11. The number of nitrogens with zero attached hydrogens (tertiary/aromatic N) is 1. The first-order valence-electron chi connectivity index (χ1n) is 4.36. The lowest BCUT2D eigenvalue weighted by Crippen LogP contribution is -2.40. The standard InChI is InChI=1S/C7H14ClNO3S.ClH/c8-6-9(13(10,11)12)7-4-2-1-3-5-7;/h7H,1-6H2,(H,10,11,12);1H. The second-order valence-corrected chi connectivity index (χ2v) is 4.88. The lowest BCUT2D eigenvalue weighted by Gasteiger charge is -2.29. The fourth-order valence-corrected chi connectivity index (χ4v) is 2.99. The Morgan fingerprint density at radius 2 is 1.79 bits per heavy atom. The summed E-state index contributed by atoms with van der Waals surface area (Å²) in [5.41, 5.74) is 0. The maximum absolute atomic E-state index is 10.9. The number of halogens is 2. The molecule has 0 amide bonds. The monoisotopic (exact) mass is 263 g/mol. The van der Waals surface area contributed by atoms with Crippen molar-refractivity contribution in [2.75, 3.05) is 6.00 Å². The molecule has 0 bridgehead atoms. The van der Waals surface area contributed by atoms with E-state index in [2.05, 4.69) is 0 Å². The Bertz CT molecular complexity index is 252. The summed E-state index contributed by atoms with van der Waals surface area (Å²) < 4.78 is 31.5. The first-order chi connectivity index (χ1) is 6.05. The molecule has 1 rings (SSSR count). The van der Waals surface area contributed by atoms with Gasteiger partial charge in [0.1, 0.15) is 0 Å². The van der Waals surface area contributed by atoms with E-state index >= 15 is 0 Å². The molecule has 0 atom stereocenters. The molecule has 0 unspecified atom stereocenters. The summed E-state index contributed by atoms with van der Waals surface area (Å²) in [7, 11) is -4.11. The molecule has 1 N–H and O–H groups in total. The predicted octanol–water partition coefficient (Wildman–Crippen LogP) is 2.04. The number of alkyl halides is 1. The SMILES string of the molecule is Cl.O=S(=O)(O)N(CCl)C1CCCCC1. The van der Waals surface area contributed by atoms with Gasteiger partial charge in [-0.15, -0.1) is 24.0 Å². The van der Waals surface area contributed by atoms with Crippen LogP contribution in [0.2, 0.25) is 0 Å². The zero-order valence-electron chi connectivity index (χ0n) is 7.73. The average molecular weight is 264 g/mol. The highest BCUT2D eigenvalue weighted by Gasteiger charge is 2.28. The number of rotatable bonds is 3. The van der Waals surface area contributed by atoms with Crippen LogP contribution in [-0.4, -0.2) is 29.3 Å². The molecule has 0 aromatic carbocycles. The van der Waals surface area contributed by atoms with Gasteiger partial charge in [0.2, 0.25) is 0 Å². The smallest absolute Gasteiger partial charge is 0.273 e. The van der Waals surface area contributed by atoms with Gasteiger partial charge >= 0.3 is 10.3 Å². The number of hydrogen-bond acceptors (Lipinski definition) is 2. The van der Waals surface area contributed by atoms with E-state index in [1.165, 1.54) is 0 Å². The van der Waals surface area contributed by atoms with Crippen LogP contribution in [0, 0.1) is 0 Å². The van der Waals surface area contributed by atoms with E-state index in [0.717, 1.165) is 36.4 Å². The van der Waals surface area contributed by atoms with Gasteiger partial charge < -0.3 is 0 Å². The van der Waals surface area contributed by atoms with E-state index in [0.29, 0.717) is 0 Å². The Kier molecular flexibility index (Phi) is 6.32. The van der Waals surface area contributed by atoms with Crippen molar-refractivity contribution in [3.63, 3.8) is 0 Å². The van der Waals surface area contributed by atoms with Crippen molar-refractivity contribution in [1.29, 1.82) is 0 Å². The third kappa shape index (κ3) is 3.90. The van der Waals surface area contributed by atoms with Crippen molar-refractivity contribution >= 4 is 34.3 Å². The Hall–Kier alpha value is 0.450. The fraction of sp³-hybridized carbons (Fsp3) is 1.00. The van der Waals surface area contributed by atoms with Gasteiger partial charge in [-0.05, 0) is 12.8 Å². The van der Waals surface area contributed by atoms with E-state index in [1.807, 2.05) is 0 Å². The van der Waals surface area contributed by atoms with Gasteiger partial charge in [0.15, 0.2) is 0 Å². The predicted molar refractivity (Wildman–Crippen MR) is 58.2 cm³/mol. The van der Waals surface area contributed by atoms with Gasteiger partial charge in [0, 0.05) is 6.04 Å². The Labute approximate surface area is 95.9 Å². The maximum atomic E-state index is 10.9. The van der Waals surface area contributed by atoms with Gasteiger partial charge in [-0.2, -0.15) is 12.7 Å². The second kappa shape index (κ2) is 6.12. The van der Waals surface area contributed by atoms with Crippen LogP contribution >= 0.6 is 24.0 Å². The molecule has 1 aliphatic rings. The second-order valence-electron chi connectivity index (χ2n) is 3.28. The van der Waals surface area contributed by atoms with Crippen LogP contribution in [-0.2, 0) is 10.3 Å². The molecule has 0 aromatic rings. The van der Waals surface area contributed by atoms with Gasteiger partial charge in [-0.1, -0.05) is 19.3 Å². The molecule has 0 heterocycles. The van der Waals surface area contributed by atoms with Gasteiger partial charge in [-0.25, -0.2) is 0 Å². The fourth-order valence-electron chi connectivity index (χ4n) is 1.72. The lowest BCUT2D eigenvalue weighted by atomic mass is 9.96. The lowest BCUT2D eigenvalue weighted by molar-refractivity contribution is 0.255. The van der Waals surface area contributed by atoms with E-state index < -0.39 is 10.3 Å². The van der Waals surface area contributed by atoms with Gasteiger partial charge in [-0.3, -0.25) is 4.55 Å². The molecule has 7 heteroatoms. The summed E-state index contributed by atoms with van der Waals surface area (Å²) in [5, 5.41) is 0. The molecule has 4 nitrogen and oxygen atoms in total. The third-order valence-corrected chi connectivity index (χ3v) is 3.82. The largest absolute Gasteiger partial charge is 0.337 e. The van der Waals surface area contributed by atoms with Crippen LogP contribution in [0.5, 0.6) is 0 Å². The first kappa shape index (κ1) is 14.5. The molecular weight excluding hydrogens is 249 g/mol. The van der Waals surface area contributed by atoms with E-state index in [1.54, 1.807) is 0 Å². The zero-order chi connectivity index (χ0) is 9.90. The van der Waals surface area contributed by atoms with Crippen molar-refractivity contribution in [2.45, 2.75) is 38.1 Å². The van der Waals surface area contributed by atoms with Crippen LogP contribution < -0.4 is 0 Å².